The minimum Gasteiger partial charge on any atom is -0.489 e. The van der Waals surface area contributed by atoms with Crippen molar-refractivity contribution < 1.29 is 14.6 Å². The first kappa shape index (κ1) is 22.7. The number of aliphatic carboxylic acids is 1. The number of rotatable bonds is 8. The molecule has 4 rings (SSSR count). The number of aromatic nitrogens is 7. The summed E-state index contributed by atoms with van der Waals surface area (Å²) in [7, 11) is 1.84. The van der Waals surface area contributed by atoms with E-state index in [-0.39, 0.29) is 18.1 Å². The van der Waals surface area contributed by atoms with Crippen LogP contribution in [0.1, 0.15) is 57.0 Å². The Balaban J connectivity index is 1.47. The highest BCUT2D eigenvalue weighted by Gasteiger charge is 2.28. The number of carbonyl (C=O) groups is 1. The SMILES string of the molecule is Cc1nc(-c2nnn(C)c2CNc2cnn(C(C)C)n2)ccc1O[C@H]1CCC[C@H](C(=O)O)C1. The quantitative estimate of drug-likeness (QED) is 0.527. The van der Waals surface area contributed by atoms with Crippen molar-refractivity contribution in [1.29, 1.82) is 0 Å². The molecule has 11 heteroatoms. The number of hydrogen-bond donors (Lipinski definition) is 2. The fourth-order valence-corrected chi connectivity index (χ4v) is 4.01. The maximum atomic E-state index is 11.3. The van der Waals surface area contributed by atoms with Crippen LogP contribution in [0, 0.1) is 12.8 Å². The molecule has 0 aromatic carbocycles. The van der Waals surface area contributed by atoms with Gasteiger partial charge in [-0.15, -0.1) is 10.2 Å². The molecule has 2 atom stereocenters. The predicted octanol–water partition coefficient (Wildman–Crippen LogP) is 2.99. The zero-order valence-electron chi connectivity index (χ0n) is 19.4. The number of aryl methyl sites for hydroxylation is 2. The van der Waals surface area contributed by atoms with E-state index in [1.54, 1.807) is 15.7 Å². The number of hydrogen-bond acceptors (Lipinski definition) is 8. The Hall–Kier alpha value is -3.50. The van der Waals surface area contributed by atoms with Crippen molar-refractivity contribution in [2.24, 2.45) is 13.0 Å². The number of carboxylic acid groups (broad SMARTS) is 1. The molecule has 0 radical (unpaired) electrons. The second kappa shape index (κ2) is 9.55. The summed E-state index contributed by atoms with van der Waals surface area (Å²) >= 11 is 0. The largest absolute Gasteiger partial charge is 0.489 e. The molecule has 0 amide bonds. The van der Waals surface area contributed by atoms with Crippen molar-refractivity contribution in [2.45, 2.75) is 65.1 Å². The molecule has 0 saturated heterocycles. The van der Waals surface area contributed by atoms with E-state index >= 15 is 0 Å². The number of nitrogens with one attached hydrogen (secondary N) is 1. The maximum absolute atomic E-state index is 11.3. The Kier molecular flexibility index (Phi) is 6.57. The lowest BCUT2D eigenvalue weighted by Crippen LogP contribution is -2.29. The van der Waals surface area contributed by atoms with Gasteiger partial charge in [0.25, 0.3) is 0 Å². The van der Waals surface area contributed by atoms with Crippen LogP contribution in [0.4, 0.5) is 5.82 Å². The van der Waals surface area contributed by atoms with Crippen LogP contribution in [0.2, 0.25) is 0 Å². The van der Waals surface area contributed by atoms with Gasteiger partial charge < -0.3 is 15.2 Å². The van der Waals surface area contributed by atoms with E-state index in [0.29, 0.717) is 42.3 Å². The predicted molar refractivity (Wildman–Crippen MR) is 121 cm³/mol. The number of pyridine rings is 1. The molecular weight excluding hydrogens is 424 g/mol. The number of ether oxygens (including phenoxy) is 1. The van der Waals surface area contributed by atoms with Gasteiger partial charge in [0.05, 0.1) is 47.9 Å². The molecule has 11 nitrogen and oxygen atoms in total. The minimum atomic E-state index is -0.746. The molecule has 2 N–H and O–H groups in total. The second-order valence-electron chi connectivity index (χ2n) is 8.73. The molecule has 0 unspecified atom stereocenters. The average Bonchev–Trinajstić information content (AvgIpc) is 3.41. The van der Waals surface area contributed by atoms with Crippen LogP contribution in [0.3, 0.4) is 0 Å². The number of anilines is 1. The monoisotopic (exact) mass is 454 g/mol. The van der Waals surface area contributed by atoms with E-state index in [0.717, 1.165) is 24.2 Å². The summed E-state index contributed by atoms with van der Waals surface area (Å²) in [5, 5.41) is 29.7. The van der Waals surface area contributed by atoms with Crippen LogP contribution >= 0.6 is 0 Å². The Morgan fingerprint density at radius 3 is 2.85 bits per heavy atom. The molecule has 33 heavy (non-hydrogen) atoms. The van der Waals surface area contributed by atoms with Crippen molar-refractivity contribution >= 4 is 11.8 Å². The molecule has 3 aromatic heterocycles. The van der Waals surface area contributed by atoms with Gasteiger partial charge in [0, 0.05) is 7.05 Å². The lowest BCUT2D eigenvalue weighted by atomic mass is 9.87. The zero-order chi connectivity index (χ0) is 23.5. The summed E-state index contributed by atoms with van der Waals surface area (Å²) in [6.45, 7) is 6.39. The van der Waals surface area contributed by atoms with Gasteiger partial charge in [-0.05, 0) is 58.6 Å². The Morgan fingerprint density at radius 2 is 2.15 bits per heavy atom. The van der Waals surface area contributed by atoms with Crippen LogP contribution in [-0.4, -0.2) is 52.2 Å². The molecule has 3 heterocycles. The minimum absolute atomic E-state index is 0.110. The summed E-state index contributed by atoms with van der Waals surface area (Å²) in [5.41, 5.74) is 2.97. The maximum Gasteiger partial charge on any atom is 0.306 e. The van der Waals surface area contributed by atoms with Crippen LogP contribution < -0.4 is 10.1 Å². The Bertz CT molecular complexity index is 1120. The summed E-state index contributed by atoms with van der Waals surface area (Å²) in [4.78, 5) is 17.7. The molecule has 0 bridgehead atoms. The first-order valence-electron chi connectivity index (χ1n) is 11.2. The van der Waals surface area contributed by atoms with E-state index in [2.05, 4.69) is 25.8 Å². The highest BCUT2D eigenvalue weighted by atomic mass is 16.5. The van der Waals surface area contributed by atoms with Gasteiger partial charge in [-0.1, -0.05) is 5.21 Å². The van der Waals surface area contributed by atoms with Crippen molar-refractivity contribution in [2.75, 3.05) is 5.32 Å². The summed E-state index contributed by atoms with van der Waals surface area (Å²) in [6, 6.07) is 3.93. The highest BCUT2D eigenvalue weighted by Crippen LogP contribution is 2.30. The molecule has 1 aliphatic rings. The molecular formula is C22H30N8O3. The van der Waals surface area contributed by atoms with Crippen LogP contribution in [0.15, 0.2) is 18.3 Å². The van der Waals surface area contributed by atoms with Gasteiger partial charge >= 0.3 is 5.97 Å². The molecule has 0 aliphatic heterocycles. The summed E-state index contributed by atoms with van der Waals surface area (Å²) < 4.78 is 7.84. The average molecular weight is 455 g/mol. The highest BCUT2D eigenvalue weighted by molar-refractivity contribution is 5.70. The van der Waals surface area contributed by atoms with Gasteiger partial charge in [-0.25, -0.2) is 9.67 Å². The van der Waals surface area contributed by atoms with E-state index in [9.17, 15) is 9.90 Å². The van der Waals surface area contributed by atoms with Gasteiger partial charge in [0.2, 0.25) is 0 Å². The lowest BCUT2D eigenvalue weighted by molar-refractivity contribution is -0.143. The first-order chi connectivity index (χ1) is 15.8. The lowest BCUT2D eigenvalue weighted by Gasteiger charge is -2.27. The van der Waals surface area contributed by atoms with Crippen LogP contribution in [0.5, 0.6) is 5.75 Å². The third kappa shape index (κ3) is 5.12. The first-order valence-corrected chi connectivity index (χ1v) is 11.2. The third-order valence-corrected chi connectivity index (χ3v) is 5.90. The van der Waals surface area contributed by atoms with Gasteiger partial charge in [0.15, 0.2) is 5.82 Å². The zero-order valence-corrected chi connectivity index (χ0v) is 19.4. The van der Waals surface area contributed by atoms with Crippen molar-refractivity contribution in [1.82, 2.24) is 35.0 Å². The third-order valence-electron chi connectivity index (χ3n) is 5.90. The summed E-state index contributed by atoms with van der Waals surface area (Å²) in [5.74, 6) is 0.261. The van der Waals surface area contributed by atoms with Crippen molar-refractivity contribution in [3.8, 4) is 17.1 Å². The van der Waals surface area contributed by atoms with Gasteiger partial charge in [-0.2, -0.15) is 9.90 Å². The standard InChI is InChI=1S/C22H30N8O3/c1-13(2)30-24-12-20(27-30)23-11-18-21(26-28-29(18)4)17-8-9-19(14(3)25-17)33-16-7-5-6-15(10-16)22(31)32/h8-9,12-13,15-16H,5-7,10-11H2,1-4H3,(H,23,27)(H,31,32)/t15-,16-/m0/s1. The molecule has 1 fully saturated rings. The van der Waals surface area contributed by atoms with E-state index in [1.807, 2.05) is 40.0 Å². The number of nitrogens with zero attached hydrogens (tertiary/aromatic N) is 7. The fourth-order valence-electron chi connectivity index (χ4n) is 4.01. The van der Waals surface area contributed by atoms with E-state index < -0.39 is 5.97 Å². The summed E-state index contributed by atoms with van der Waals surface area (Å²) in [6.07, 6.45) is 4.53. The second-order valence-corrected chi connectivity index (χ2v) is 8.73. The molecule has 1 aliphatic carbocycles. The topological polar surface area (TPSA) is 133 Å². The van der Waals surface area contributed by atoms with Crippen LogP contribution in [0.25, 0.3) is 11.4 Å². The van der Waals surface area contributed by atoms with E-state index in [4.69, 9.17) is 9.72 Å². The fraction of sp³-hybridized carbons (Fsp3) is 0.545. The van der Waals surface area contributed by atoms with Crippen molar-refractivity contribution in [3.05, 3.63) is 29.7 Å². The molecule has 1 saturated carbocycles. The van der Waals surface area contributed by atoms with Gasteiger partial charge in [-0.3, -0.25) is 4.79 Å². The normalized spacial score (nSPS) is 18.5. The van der Waals surface area contributed by atoms with Gasteiger partial charge in [0.1, 0.15) is 11.4 Å². The van der Waals surface area contributed by atoms with Crippen molar-refractivity contribution in [3.63, 3.8) is 0 Å². The molecule has 176 valence electrons. The molecule has 3 aromatic rings. The number of carboxylic acids is 1. The Morgan fingerprint density at radius 1 is 1.33 bits per heavy atom. The molecule has 0 spiro atoms. The Labute approximate surface area is 192 Å². The van der Waals surface area contributed by atoms with Crippen LogP contribution in [-0.2, 0) is 18.4 Å². The smallest absolute Gasteiger partial charge is 0.306 e. The van der Waals surface area contributed by atoms with E-state index in [1.165, 1.54) is 0 Å².